The van der Waals surface area contributed by atoms with Gasteiger partial charge in [-0.1, -0.05) is 35.8 Å². The summed E-state index contributed by atoms with van der Waals surface area (Å²) in [4.78, 5) is 0. The molecule has 0 heterocycles. The van der Waals surface area contributed by atoms with Crippen molar-refractivity contribution in [3.63, 3.8) is 0 Å². The molecule has 0 saturated heterocycles. The SMILES string of the molecule is OCCC#CC1=C(C#CCCO)C2C=CC1C2. The third kappa shape index (κ3) is 2.61. The fraction of sp³-hybridized carbons (Fsp3) is 0.467. The van der Waals surface area contributed by atoms with Crippen molar-refractivity contribution < 1.29 is 10.2 Å². The lowest BCUT2D eigenvalue weighted by atomic mass is 9.97. The van der Waals surface area contributed by atoms with Crippen molar-refractivity contribution in [3.8, 4) is 23.7 Å². The van der Waals surface area contributed by atoms with Gasteiger partial charge >= 0.3 is 0 Å². The van der Waals surface area contributed by atoms with Crippen LogP contribution in [0.15, 0.2) is 23.3 Å². The molecule has 0 spiro atoms. The molecule has 0 radical (unpaired) electrons. The lowest BCUT2D eigenvalue weighted by molar-refractivity contribution is 0.304. The second-order valence-electron chi connectivity index (χ2n) is 4.21. The molecular formula is C15H16O2. The Morgan fingerprint density at radius 1 is 0.941 bits per heavy atom. The first-order chi connectivity index (χ1) is 8.36. The molecule has 2 aliphatic rings. The molecule has 88 valence electrons. The molecule has 2 aliphatic carbocycles. The van der Waals surface area contributed by atoms with Gasteiger partial charge in [-0.05, 0) is 6.42 Å². The quantitative estimate of drug-likeness (QED) is 0.552. The highest BCUT2D eigenvalue weighted by molar-refractivity contribution is 5.54. The lowest BCUT2D eigenvalue weighted by Crippen LogP contribution is -1.95. The second-order valence-corrected chi connectivity index (χ2v) is 4.21. The number of fused-ring (bicyclic) bond motifs is 2. The van der Waals surface area contributed by atoms with Crippen molar-refractivity contribution in [1.29, 1.82) is 0 Å². The van der Waals surface area contributed by atoms with Gasteiger partial charge in [0.2, 0.25) is 0 Å². The molecule has 2 nitrogen and oxygen atoms in total. The summed E-state index contributed by atoms with van der Waals surface area (Å²) in [6.45, 7) is 0.214. The average molecular weight is 228 g/mol. The molecule has 0 aromatic carbocycles. The summed E-state index contributed by atoms with van der Waals surface area (Å²) in [6, 6.07) is 0. The van der Waals surface area contributed by atoms with Crippen LogP contribution in [0.5, 0.6) is 0 Å². The molecule has 2 unspecified atom stereocenters. The Kier molecular flexibility index (Phi) is 4.04. The number of aliphatic hydroxyl groups excluding tert-OH is 2. The van der Waals surface area contributed by atoms with Crippen LogP contribution in [-0.2, 0) is 0 Å². The Labute approximate surface area is 102 Å². The summed E-state index contributed by atoms with van der Waals surface area (Å²) in [5.41, 5.74) is 2.24. The Balaban J connectivity index is 2.18. The average Bonchev–Trinajstić information content (AvgIpc) is 2.92. The van der Waals surface area contributed by atoms with Crippen molar-refractivity contribution in [3.05, 3.63) is 23.3 Å². The van der Waals surface area contributed by atoms with Crippen LogP contribution >= 0.6 is 0 Å². The minimum atomic E-state index is 0.107. The monoisotopic (exact) mass is 228 g/mol. The van der Waals surface area contributed by atoms with E-state index in [4.69, 9.17) is 10.2 Å². The van der Waals surface area contributed by atoms with E-state index in [1.54, 1.807) is 0 Å². The van der Waals surface area contributed by atoms with E-state index in [9.17, 15) is 0 Å². The van der Waals surface area contributed by atoms with Crippen LogP contribution in [0.4, 0.5) is 0 Å². The Morgan fingerprint density at radius 3 is 1.82 bits per heavy atom. The van der Waals surface area contributed by atoms with E-state index >= 15 is 0 Å². The Hall–Kier alpha value is -1.48. The predicted molar refractivity (Wildman–Crippen MR) is 66.7 cm³/mol. The number of hydrogen-bond acceptors (Lipinski definition) is 2. The lowest BCUT2D eigenvalue weighted by Gasteiger charge is -2.05. The molecule has 2 bridgehead atoms. The highest BCUT2D eigenvalue weighted by Crippen LogP contribution is 2.43. The molecule has 0 fully saturated rings. The van der Waals surface area contributed by atoms with Crippen LogP contribution in [0.1, 0.15) is 19.3 Å². The molecule has 0 aromatic heterocycles. The van der Waals surface area contributed by atoms with Crippen LogP contribution in [0.25, 0.3) is 0 Å². The smallest absolute Gasteiger partial charge is 0.0540 e. The summed E-state index contributed by atoms with van der Waals surface area (Å²) in [7, 11) is 0. The van der Waals surface area contributed by atoms with Crippen molar-refractivity contribution in [2.24, 2.45) is 11.8 Å². The van der Waals surface area contributed by atoms with E-state index in [2.05, 4.69) is 35.8 Å². The predicted octanol–water partition coefficient (Wildman–Crippen LogP) is 1.26. The number of allylic oxidation sites excluding steroid dienone is 4. The zero-order chi connectivity index (χ0) is 12.1. The molecular weight excluding hydrogens is 212 g/mol. The van der Waals surface area contributed by atoms with Crippen LogP contribution in [0.3, 0.4) is 0 Å². The molecule has 2 rings (SSSR count). The molecule has 2 heteroatoms. The van der Waals surface area contributed by atoms with Gasteiger partial charge in [-0.3, -0.25) is 0 Å². The first-order valence-electron chi connectivity index (χ1n) is 5.98. The van der Waals surface area contributed by atoms with E-state index in [0.29, 0.717) is 24.7 Å². The maximum absolute atomic E-state index is 8.72. The van der Waals surface area contributed by atoms with Gasteiger partial charge in [0.05, 0.1) is 13.2 Å². The highest BCUT2D eigenvalue weighted by atomic mass is 16.3. The number of aliphatic hydroxyl groups is 2. The van der Waals surface area contributed by atoms with Crippen molar-refractivity contribution >= 4 is 0 Å². The second kappa shape index (κ2) is 5.73. The van der Waals surface area contributed by atoms with Gasteiger partial charge in [0.25, 0.3) is 0 Å². The summed E-state index contributed by atoms with van der Waals surface area (Å²) in [6.07, 6.45) is 6.52. The normalized spacial score (nSPS) is 24.4. The minimum absolute atomic E-state index is 0.107. The van der Waals surface area contributed by atoms with Gasteiger partial charge in [0, 0.05) is 35.8 Å². The van der Waals surface area contributed by atoms with Gasteiger partial charge in [-0.15, -0.1) is 0 Å². The fourth-order valence-corrected chi connectivity index (χ4v) is 2.27. The largest absolute Gasteiger partial charge is 0.395 e. The van der Waals surface area contributed by atoms with Crippen LogP contribution in [-0.4, -0.2) is 23.4 Å². The maximum atomic E-state index is 8.72. The van der Waals surface area contributed by atoms with E-state index in [-0.39, 0.29) is 13.2 Å². The van der Waals surface area contributed by atoms with E-state index < -0.39 is 0 Å². The minimum Gasteiger partial charge on any atom is -0.395 e. The molecule has 17 heavy (non-hydrogen) atoms. The molecule has 0 amide bonds. The third-order valence-corrected chi connectivity index (χ3v) is 3.04. The van der Waals surface area contributed by atoms with Crippen molar-refractivity contribution in [2.75, 3.05) is 13.2 Å². The number of hydrogen-bond donors (Lipinski definition) is 2. The van der Waals surface area contributed by atoms with Gasteiger partial charge in [-0.25, -0.2) is 0 Å². The van der Waals surface area contributed by atoms with E-state index in [0.717, 1.165) is 17.6 Å². The molecule has 0 saturated carbocycles. The standard InChI is InChI=1S/C15H16O2/c16-9-3-1-5-14-12-7-8-13(11-12)15(14)6-2-4-10-17/h7-8,12-13,16-17H,3-4,9-11H2. The van der Waals surface area contributed by atoms with Crippen LogP contribution in [0.2, 0.25) is 0 Å². The summed E-state index contributed by atoms with van der Waals surface area (Å²) in [5.74, 6) is 13.1. The van der Waals surface area contributed by atoms with Crippen molar-refractivity contribution in [2.45, 2.75) is 19.3 Å². The topological polar surface area (TPSA) is 40.5 Å². The highest BCUT2D eigenvalue weighted by Gasteiger charge is 2.33. The van der Waals surface area contributed by atoms with Crippen molar-refractivity contribution in [1.82, 2.24) is 0 Å². The molecule has 0 aromatic rings. The summed E-state index contributed by atoms with van der Waals surface area (Å²) >= 11 is 0. The van der Waals surface area contributed by atoms with Gasteiger partial charge in [0.1, 0.15) is 0 Å². The molecule has 2 N–H and O–H groups in total. The van der Waals surface area contributed by atoms with E-state index in [1.165, 1.54) is 0 Å². The van der Waals surface area contributed by atoms with Crippen LogP contribution in [0, 0.1) is 35.5 Å². The zero-order valence-electron chi connectivity index (χ0n) is 9.74. The summed E-state index contributed by atoms with van der Waals surface area (Å²) in [5, 5.41) is 17.4. The Morgan fingerprint density at radius 2 is 1.41 bits per heavy atom. The fourth-order valence-electron chi connectivity index (χ4n) is 2.27. The van der Waals surface area contributed by atoms with Gasteiger partial charge in [0.15, 0.2) is 0 Å². The zero-order valence-corrected chi connectivity index (χ0v) is 9.74. The number of rotatable bonds is 2. The Bertz CT molecular complexity index is 421. The van der Waals surface area contributed by atoms with Gasteiger partial charge < -0.3 is 10.2 Å². The third-order valence-electron chi connectivity index (χ3n) is 3.04. The molecule has 0 aliphatic heterocycles. The molecule has 2 atom stereocenters. The van der Waals surface area contributed by atoms with E-state index in [1.807, 2.05) is 0 Å². The first-order valence-corrected chi connectivity index (χ1v) is 5.98. The summed E-state index contributed by atoms with van der Waals surface area (Å²) < 4.78 is 0. The van der Waals surface area contributed by atoms with Crippen LogP contribution < -0.4 is 0 Å². The maximum Gasteiger partial charge on any atom is 0.0540 e. The first kappa shape index (κ1) is 12.0. The van der Waals surface area contributed by atoms with Gasteiger partial charge in [-0.2, -0.15) is 0 Å².